The van der Waals surface area contributed by atoms with E-state index in [-0.39, 0.29) is 6.04 Å². The van der Waals surface area contributed by atoms with Crippen molar-refractivity contribution < 1.29 is 4.74 Å². The molecule has 0 spiro atoms. The molecule has 2 nitrogen and oxygen atoms in total. The monoisotopic (exact) mass is 307 g/mol. The van der Waals surface area contributed by atoms with Gasteiger partial charge in [0.1, 0.15) is 5.75 Å². The third-order valence-electron chi connectivity index (χ3n) is 3.74. The first-order valence-electron chi connectivity index (χ1n) is 6.87. The Kier molecular flexibility index (Phi) is 4.01. The first-order chi connectivity index (χ1) is 9.70. The summed E-state index contributed by atoms with van der Waals surface area (Å²) < 4.78 is 5.68. The van der Waals surface area contributed by atoms with E-state index in [9.17, 15) is 0 Å². The maximum absolute atomic E-state index is 6.42. The van der Waals surface area contributed by atoms with Crippen LogP contribution in [-0.2, 0) is 6.42 Å². The van der Waals surface area contributed by atoms with Crippen LogP contribution in [0.5, 0.6) is 5.75 Å². The van der Waals surface area contributed by atoms with Gasteiger partial charge in [-0.25, -0.2) is 0 Å². The number of ether oxygens (including phenoxy) is 1. The summed E-state index contributed by atoms with van der Waals surface area (Å²) in [5, 5.41) is 6.37. The Morgan fingerprint density at radius 1 is 1.40 bits per heavy atom. The minimum atomic E-state index is 0.147. The summed E-state index contributed by atoms with van der Waals surface area (Å²) in [6.07, 6.45) is 2.19. The van der Waals surface area contributed by atoms with Crippen LogP contribution in [0.25, 0.3) is 0 Å². The Morgan fingerprint density at radius 3 is 2.95 bits per heavy atom. The van der Waals surface area contributed by atoms with Gasteiger partial charge in [0, 0.05) is 4.88 Å². The molecule has 0 bridgehead atoms. The molecule has 0 fully saturated rings. The largest absolute Gasteiger partial charge is 0.493 e. The molecule has 0 amide bonds. The molecule has 1 atom stereocenters. The van der Waals surface area contributed by atoms with E-state index in [1.807, 2.05) is 7.05 Å². The Hall–Kier alpha value is -1.03. The maximum Gasteiger partial charge on any atom is 0.122 e. The number of aryl methyl sites for hydroxylation is 2. The minimum Gasteiger partial charge on any atom is -0.493 e. The van der Waals surface area contributed by atoms with Crippen molar-refractivity contribution in [3.8, 4) is 5.75 Å². The van der Waals surface area contributed by atoms with Gasteiger partial charge in [-0.1, -0.05) is 23.7 Å². The number of hydrogen-bond acceptors (Lipinski definition) is 3. The molecule has 2 aromatic rings. The zero-order valence-electron chi connectivity index (χ0n) is 11.7. The number of thiophene rings is 1. The van der Waals surface area contributed by atoms with Crippen LogP contribution in [0.2, 0.25) is 5.02 Å². The van der Waals surface area contributed by atoms with Crippen molar-refractivity contribution >= 4 is 22.9 Å². The highest BCUT2D eigenvalue weighted by Crippen LogP contribution is 2.37. The van der Waals surface area contributed by atoms with Gasteiger partial charge in [0.2, 0.25) is 0 Å². The Balaban J connectivity index is 1.99. The van der Waals surface area contributed by atoms with E-state index in [4.69, 9.17) is 16.3 Å². The van der Waals surface area contributed by atoms with Crippen LogP contribution < -0.4 is 10.1 Å². The number of benzene rings is 1. The molecule has 106 valence electrons. The average Bonchev–Trinajstić information content (AvgIpc) is 2.80. The van der Waals surface area contributed by atoms with Gasteiger partial charge in [-0.05, 0) is 54.9 Å². The van der Waals surface area contributed by atoms with E-state index in [0.29, 0.717) is 0 Å². The highest BCUT2D eigenvalue weighted by atomic mass is 35.5. The van der Waals surface area contributed by atoms with Crippen LogP contribution in [0.1, 0.15) is 34.0 Å². The molecule has 0 radical (unpaired) electrons. The van der Waals surface area contributed by atoms with Gasteiger partial charge in [0.25, 0.3) is 0 Å². The molecule has 0 aliphatic carbocycles. The van der Waals surface area contributed by atoms with Crippen LogP contribution in [0.3, 0.4) is 0 Å². The van der Waals surface area contributed by atoms with Crippen molar-refractivity contribution in [2.24, 2.45) is 0 Å². The summed E-state index contributed by atoms with van der Waals surface area (Å²) in [5.74, 6) is 1.03. The number of rotatable bonds is 3. The van der Waals surface area contributed by atoms with E-state index in [1.165, 1.54) is 16.0 Å². The molecule has 0 saturated heterocycles. The SMILES string of the molecule is CNC(c1ccc2c(c1)CCCO2)c1scc(C)c1Cl. The van der Waals surface area contributed by atoms with Gasteiger partial charge in [0.05, 0.1) is 17.7 Å². The molecule has 1 N–H and O–H groups in total. The second kappa shape index (κ2) is 5.76. The molecule has 4 heteroatoms. The van der Waals surface area contributed by atoms with Gasteiger partial charge in [0.15, 0.2) is 0 Å². The third-order valence-corrected chi connectivity index (χ3v) is 5.52. The lowest BCUT2D eigenvalue weighted by Crippen LogP contribution is -2.18. The molecule has 1 aromatic carbocycles. The highest BCUT2D eigenvalue weighted by Gasteiger charge is 2.20. The molecule has 1 aliphatic heterocycles. The molecule has 2 heterocycles. The highest BCUT2D eigenvalue weighted by molar-refractivity contribution is 7.10. The Bertz CT molecular complexity index is 623. The van der Waals surface area contributed by atoms with Crippen molar-refractivity contribution in [3.05, 3.63) is 50.2 Å². The summed E-state index contributed by atoms with van der Waals surface area (Å²) in [6, 6.07) is 6.62. The molecular formula is C16H18ClNOS. The summed E-state index contributed by atoms with van der Waals surface area (Å²) in [4.78, 5) is 1.18. The van der Waals surface area contributed by atoms with Crippen LogP contribution in [0.15, 0.2) is 23.6 Å². The number of nitrogens with one attached hydrogen (secondary N) is 1. The number of fused-ring (bicyclic) bond motifs is 1. The van der Waals surface area contributed by atoms with Gasteiger partial charge in [-0.15, -0.1) is 11.3 Å². The van der Waals surface area contributed by atoms with Crippen LogP contribution >= 0.6 is 22.9 Å². The zero-order chi connectivity index (χ0) is 14.1. The fraction of sp³-hybridized carbons (Fsp3) is 0.375. The van der Waals surface area contributed by atoms with Gasteiger partial charge < -0.3 is 10.1 Å². The van der Waals surface area contributed by atoms with Crippen LogP contribution in [-0.4, -0.2) is 13.7 Å². The third kappa shape index (κ3) is 2.46. The van der Waals surface area contributed by atoms with E-state index in [1.54, 1.807) is 11.3 Å². The number of halogens is 1. The normalized spacial score (nSPS) is 15.6. The van der Waals surface area contributed by atoms with Crippen molar-refractivity contribution in [3.63, 3.8) is 0 Å². The zero-order valence-corrected chi connectivity index (χ0v) is 13.3. The Labute approximate surface area is 128 Å². The van der Waals surface area contributed by atoms with Crippen LogP contribution in [0.4, 0.5) is 0 Å². The van der Waals surface area contributed by atoms with Crippen molar-refractivity contribution in [1.82, 2.24) is 5.32 Å². The molecule has 0 saturated carbocycles. The summed E-state index contributed by atoms with van der Waals surface area (Å²) in [5.41, 5.74) is 3.70. The molecule has 1 aromatic heterocycles. The predicted octanol–water partition coefficient (Wildman–Crippen LogP) is 4.34. The van der Waals surface area contributed by atoms with Crippen LogP contribution in [0, 0.1) is 6.92 Å². The lowest BCUT2D eigenvalue weighted by molar-refractivity contribution is 0.288. The predicted molar refractivity (Wildman–Crippen MR) is 85.2 cm³/mol. The standard InChI is InChI=1S/C16H18ClNOS/c1-10-9-20-16(14(10)17)15(18-2)12-5-6-13-11(8-12)4-3-7-19-13/h5-6,8-9,15,18H,3-4,7H2,1-2H3. The maximum atomic E-state index is 6.42. The van der Waals surface area contributed by atoms with E-state index in [0.717, 1.165) is 35.8 Å². The fourth-order valence-corrected chi connectivity index (χ4v) is 4.09. The van der Waals surface area contributed by atoms with Gasteiger partial charge in [-0.3, -0.25) is 0 Å². The number of hydrogen-bond donors (Lipinski definition) is 1. The molecule has 20 heavy (non-hydrogen) atoms. The lowest BCUT2D eigenvalue weighted by atomic mass is 9.98. The van der Waals surface area contributed by atoms with E-state index >= 15 is 0 Å². The fourth-order valence-electron chi connectivity index (χ4n) is 2.65. The van der Waals surface area contributed by atoms with Gasteiger partial charge >= 0.3 is 0 Å². The quantitative estimate of drug-likeness (QED) is 0.910. The summed E-state index contributed by atoms with van der Waals surface area (Å²) in [6.45, 7) is 2.88. The second-order valence-electron chi connectivity index (χ2n) is 5.14. The van der Waals surface area contributed by atoms with E-state index < -0.39 is 0 Å². The van der Waals surface area contributed by atoms with E-state index in [2.05, 4.69) is 35.8 Å². The topological polar surface area (TPSA) is 21.3 Å². The van der Waals surface area contributed by atoms with Gasteiger partial charge in [-0.2, -0.15) is 0 Å². The smallest absolute Gasteiger partial charge is 0.122 e. The second-order valence-corrected chi connectivity index (χ2v) is 6.43. The summed E-state index contributed by atoms with van der Waals surface area (Å²) in [7, 11) is 1.98. The van der Waals surface area contributed by atoms with Crippen molar-refractivity contribution in [1.29, 1.82) is 0 Å². The molecule has 1 aliphatic rings. The minimum absolute atomic E-state index is 0.147. The lowest BCUT2D eigenvalue weighted by Gasteiger charge is -2.21. The first-order valence-corrected chi connectivity index (χ1v) is 8.13. The summed E-state index contributed by atoms with van der Waals surface area (Å²) >= 11 is 8.14. The average molecular weight is 308 g/mol. The first kappa shape index (κ1) is 13.9. The van der Waals surface area contributed by atoms with Crippen molar-refractivity contribution in [2.45, 2.75) is 25.8 Å². The van der Waals surface area contributed by atoms with Crippen molar-refractivity contribution in [2.75, 3.05) is 13.7 Å². The Morgan fingerprint density at radius 2 is 2.25 bits per heavy atom. The molecule has 1 unspecified atom stereocenters. The molecular weight excluding hydrogens is 290 g/mol. The molecule has 3 rings (SSSR count).